The predicted octanol–water partition coefficient (Wildman–Crippen LogP) is -0.0406. The second kappa shape index (κ2) is 5.71. The lowest BCUT2D eigenvalue weighted by Gasteiger charge is -2.12. The van der Waals surface area contributed by atoms with Crippen LogP contribution in [0.15, 0.2) is 0 Å². The molecule has 4 nitrogen and oxygen atoms in total. The first-order valence-corrected chi connectivity index (χ1v) is 3.95. The maximum Gasteiger partial charge on any atom is 0.309 e. The van der Waals surface area contributed by atoms with Crippen LogP contribution < -0.4 is 5.73 Å². The second-order valence-electron chi connectivity index (χ2n) is 2.74. The van der Waals surface area contributed by atoms with Crippen LogP contribution in [0.4, 0.5) is 0 Å². The molecule has 0 spiro atoms. The molecule has 0 bridgehead atoms. The van der Waals surface area contributed by atoms with E-state index < -0.39 is 0 Å². The van der Waals surface area contributed by atoms with Gasteiger partial charge in [-0.25, -0.2) is 0 Å². The molecule has 0 saturated carbocycles. The Morgan fingerprint density at radius 1 is 1.58 bits per heavy atom. The molecule has 0 aliphatic rings. The van der Waals surface area contributed by atoms with Crippen molar-refractivity contribution < 1.29 is 14.3 Å². The van der Waals surface area contributed by atoms with Crippen molar-refractivity contribution in [3.63, 3.8) is 0 Å². The van der Waals surface area contributed by atoms with Gasteiger partial charge in [0.05, 0.1) is 5.92 Å². The number of hydrogen-bond acceptors (Lipinski definition) is 4. The Morgan fingerprint density at radius 2 is 2.17 bits per heavy atom. The minimum Gasteiger partial charge on any atom is -0.464 e. The van der Waals surface area contributed by atoms with Gasteiger partial charge in [0.1, 0.15) is 12.9 Å². The molecule has 2 N–H and O–H groups in total. The highest BCUT2D eigenvalue weighted by Crippen LogP contribution is 2.09. The Kier molecular flexibility index (Phi) is 5.28. The number of nitrogens with two attached hydrogens (primary N) is 1. The van der Waals surface area contributed by atoms with E-state index in [-0.39, 0.29) is 24.4 Å². The summed E-state index contributed by atoms with van der Waals surface area (Å²) in [6.07, 6.45) is 0.744. The zero-order chi connectivity index (χ0) is 9.56. The lowest BCUT2D eigenvalue weighted by atomic mass is 9.98. The molecular weight excluding hydrogens is 158 g/mol. The molecule has 0 aromatic carbocycles. The topological polar surface area (TPSA) is 69.4 Å². The Bertz CT molecular complexity index is 158. The van der Waals surface area contributed by atoms with Gasteiger partial charge in [-0.2, -0.15) is 0 Å². The molecule has 0 radical (unpaired) electrons. The van der Waals surface area contributed by atoms with Gasteiger partial charge in [-0.1, -0.05) is 13.8 Å². The van der Waals surface area contributed by atoms with Crippen LogP contribution in [-0.2, 0) is 14.3 Å². The lowest BCUT2D eigenvalue weighted by Crippen LogP contribution is -2.24. The summed E-state index contributed by atoms with van der Waals surface area (Å²) in [6.45, 7) is 3.88. The molecule has 0 aliphatic carbocycles. The largest absolute Gasteiger partial charge is 0.464 e. The van der Waals surface area contributed by atoms with E-state index in [4.69, 9.17) is 10.5 Å². The number of aldehydes is 1. The van der Waals surface area contributed by atoms with E-state index in [2.05, 4.69) is 0 Å². The van der Waals surface area contributed by atoms with Crippen LogP contribution in [0.3, 0.4) is 0 Å². The zero-order valence-electron chi connectivity index (χ0n) is 7.45. The fourth-order valence-electron chi connectivity index (χ4n) is 0.623. The maximum absolute atomic E-state index is 11.1. The Labute approximate surface area is 72.1 Å². The standard InChI is InChI=1S/C8H15NO3/c1-6(5-10)7(2)8(11)12-4-3-9/h5-7H,3-4,9H2,1-2H3. The quantitative estimate of drug-likeness (QED) is 0.468. The minimum absolute atomic E-state index is 0.217. The Balaban J connectivity index is 3.83. The number of ether oxygens (including phenoxy) is 1. The van der Waals surface area contributed by atoms with Crippen LogP contribution in [0, 0.1) is 11.8 Å². The smallest absolute Gasteiger partial charge is 0.309 e. The van der Waals surface area contributed by atoms with Gasteiger partial charge in [0, 0.05) is 12.5 Å². The molecule has 2 atom stereocenters. The van der Waals surface area contributed by atoms with E-state index in [9.17, 15) is 9.59 Å². The van der Waals surface area contributed by atoms with E-state index in [1.807, 2.05) is 0 Å². The van der Waals surface area contributed by atoms with Crippen LogP contribution >= 0.6 is 0 Å². The van der Waals surface area contributed by atoms with Crippen molar-refractivity contribution in [2.75, 3.05) is 13.2 Å². The average Bonchev–Trinajstić information content (AvgIpc) is 2.11. The Morgan fingerprint density at radius 3 is 2.58 bits per heavy atom. The van der Waals surface area contributed by atoms with Crippen LogP contribution in [0.2, 0.25) is 0 Å². The van der Waals surface area contributed by atoms with Crippen LogP contribution in [0.25, 0.3) is 0 Å². The fraction of sp³-hybridized carbons (Fsp3) is 0.750. The molecular formula is C8H15NO3. The molecule has 0 aliphatic heterocycles. The predicted molar refractivity (Wildman–Crippen MR) is 44.4 cm³/mol. The highest BCUT2D eigenvalue weighted by Gasteiger charge is 2.20. The van der Waals surface area contributed by atoms with Crippen molar-refractivity contribution in [2.45, 2.75) is 13.8 Å². The van der Waals surface area contributed by atoms with Crippen molar-refractivity contribution in [3.05, 3.63) is 0 Å². The third-order valence-corrected chi connectivity index (χ3v) is 1.74. The number of esters is 1. The molecule has 0 aromatic rings. The molecule has 70 valence electrons. The van der Waals surface area contributed by atoms with E-state index in [1.165, 1.54) is 0 Å². The summed E-state index contributed by atoms with van der Waals surface area (Å²) < 4.78 is 4.75. The average molecular weight is 173 g/mol. The summed E-state index contributed by atoms with van der Waals surface area (Å²) in [7, 11) is 0. The molecule has 0 heterocycles. The third-order valence-electron chi connectivity index (χ3n) is 1.74. The van der Waals surface area contributed by atoms with Crippen molar-refractivity contribution >= 4 is 12.3 Å². The minimum atomic E-state index is -0.381. The van der Waals surface area contributed by atoms with Crippen molar-refractivity contribution in [3.8, 4) is 0 Å². The van der Waals surface area contributed by atoms with Crippen molar-refractivity contribution in [1.82, 2.24) is 0 Å². The van der Waals surface area contributed by atoms with E-state index in [1.54, 1.807) is 13.8 Å². The normalized spacial score (nSPS) is 14.9. The molecule has 4 heteroatoms. The number of carbonyl (C=O) groups is 2. The van der Waals surface area contributed by atoms with Gasteiger partial charge in [0.25, 0.3) is 0 Å². The van der Waals surface area contributed by atoms with Gasteiger partial charge < -0.3 is 15.3 Å². The number of rotatable bonds is 5. The number of hydrogen-bond donors (Lipinski definition) is 1. The van der Waals surface area contributed by atoms with E-state index in [0.717, 1.165) is 6.29 Å². The first-order valence-electron chi connectivity index (χ1n) is 3.95. The first kappa shape index (κ1) is 11.1. The van der Waals surface area contributed by atoms with Crippen LogP contribution in [-0.4, -0.2) is 25.4 Å². The molecule has 0 rings (SSSR count). The summed E-state index contributed by atoms with van der Waals surface area (Å²) >= 11 is 0. The molecule has 0 aromatic heterocycles. The summed E-state index contributed by atoms with van der Waals surface area (Å²) in [6, 6.07) is 0. The van der Waals surface area contributed by atoms with Gasteiger partial charge in [0.2, 0.25) is 0 Å². The molecule has 12 heavy (non-hydrogen) atoms. The first-order chi connectivity index (χ1) is 5.63. The van der Waals surface area contributed by atoms with Crippen molar-refractivity contribution in [2.24, 2.45) is 17.6 Å². The van der Waals surface area contributed by atoms with Crippen LogP contribution in [0.1, 0.15) is 13.8 Å². The Hall–Kier alpha value is -0.900. The number of carbonyl (C=O) groups excluding carboxylic acids is 2. The summed E-state index contributed by atoms with van der Waals surface area (Å²) in [5.74, 6) is -1.04. The van der Waals surface area contributed by atoms with Gasteiger partial charge >= 0.3 is 5.97 Å². The summed E-state index contributed by atoms with van der Waals surface area (Å²) in [5, 5.41) is 0. The maximum atomic E-state index is 11.1. The van der Waals surface area contributed by atoms with Gasteiger partial charge in [0.15, 0.2) is 0 Å². The highest BCUT2D eigenvalue weighted by atomic mass is 16.5. The third kappa shape index (κ3) is 3.48. The summed E-state index contributed by atoms with van der Waals surface area (Å²) in [4.78, 5) is 21.4. The molecule has 0 fully saturated rings. The summed E-state index contributed by atoms with van der Waals surface area (Å²) in [5.41, 5.74) is 5.14. The lowest BCUT2D eigenvalue weighted by molar-refractivity contribution is -0.150. The SMILES string of the molecule is CC(C=O)C(C)C(=O)OCCN. The van der Waals surface area contributed by atoms with E-state index >= 15 is 0 Å². The molecule has 0 saturated heterocycles. The fourth-order valence-corrected chi connectivity index (χ4v) is 0.623. The van der Waals surface area contributed by atoms with Crippen LogP contribution in [0.5, 0.6) is 0 Å². The second-order valence-corrected chi connectivity index (χ2v) is 2.74. The van der Waals surface area contributed by atoms with Crippen molar-refractivity contribution in [1.29, 1.82) is 0 Å². The van der Waals surface area contributed by atoms with Gasteiger partial charge in [-0.15, -0.1) is 0 Å². The molecule has 0 amide bonds. The van der Waals surface area contributed by atoms with E-state index in [0.29, 0.717) is 6.54 Å². The van der Waals surface area contributed by atoms with Gasteiger partial charge in [-0.05, 0) is 0 Å². The highest BCUT2D eigenvalue weighted by molar-refractivity contribution is 5.76. The molecule has 2 unspecified atom stereocenters. The zero-order valence-corrected chi connectivity index (χ0v) is 7.45. The monoisotopic (exact) mass is 173 g/mol. The van der Waals surface area contributed by atoms with Gasteiger partial charge in [-0.3, -0.25) is 4.79 Å².